The third kappa shape index (κ3) is 7.11. The van der Waals surface area contributed by atoms with Gasteiger partial charge in [0, 0.05) is 11.7 Å². The van der Waals surface area contributed by atoms with Crippen molar-refractivity contribution >= 4 is 23.6 Å². The maximum atomic E-state index is 12.5. The van der Waals surface area contributed by atoms with Crippen LogP contribution >= 0.6 is 0 Å². The van der Waals surface area contributed by atoms with Gasteiger partial charge < -0.3 is 20.1 Å². The normalized spacial score (nSPS) is 14.2. The number of benzene rings is 2. The number of carbonyl (C=O) groups excluding carboxylic acids is 2. The second-order valence-corrected chi connectivity index (χ2v) is 8.09. The van der Waals surface area contributed by atoms with E-state index in [4.69, 9.17) is 9.47 Å². The Bertz CT molecular complexity index is 1050. The van der Waals surface area contributed by atoms with Crippen LogP contribution in [0.25, 0.3) is 6.08 Å². The van der Waals surface area contributed by atoms with Gasteiger partial charge >= 0.3 is 0 Å². The van der Waals surface area contributed by atoms with Crippen molar-refractivity contribution in [3.63, 3.8) is 0 Å². The number of nitrogens with one attached hydrogen (secondary N) is 2. The minimum absolute atomic E-state index is 0.0359. The molecular weight excluding hydrogens is 418 g/mol. The zero-order valence-electron chi connectivity index (χ0n) is 19.0. The lowest BCUT2D eigenvalue weighted by Gasteiger charge is -2.22. The van der Waals surface area contributed by atoms with Crippen molar-refractivity contribution in [2.45, 2.75) is 45.1 Å². The molecule has 0 spiro atoms. The summed E-state index contributed by atoms with van der Waals surface area (Å²) in [4.78, 5) is 24.7. The molecule has 0 heterocycles. The maximum absolute atomic E-state index is 12.5. The van der Waals surface area contributed by atoms with E-state index in [1.165, 1.54) is 19.6 Å². The molecular formula is C26H29N3O4. The first-order chi connectivity index (χ1) is 16.0. The topological polar surface area (TPSA) is 100 Å². The van der Waals surface area contributed by atoms with Crippen molar-refractivity contribution in [3.8, 4) is 17.6 Å². The fourth-order valence-corrected chi connectivity index (χ4v) is 3.70. The summed E-state index contributed by atoms with van der Waals surface area (Å²) < 4.78 is 11.0. The van der Waals surface area contributed by atoms with Crippen LogP contribution in [0, 0.1) is 18.3 Å². The molecule has 2 amide bonds. The van der Waals surface area contributed by atoms with E-state index in [1.54, 1.807) is 18.2 Å². The molecule has 0 aromatic heterocycles. The molecule has 7 nitrogen and oxygen atoms in total. The first kappa shape index (κ1) is 23.9. The summed E-state index contributed by atoms with van der Waals surface area (Å²) >= 11 is 0. The van der Waals surface area contributed by atoms with Crippen LogP contribution < -0.4 is 20.1 Å². The fraction of sp³-hybridized carbons (Fsp3) is 0.346. The van der Waals surface area contributed by atoms with E-state index in [-0.39, 0.29) is 30.0 Å². The summed E-state index contributed by atoms with van der Waals surface area (Å²) in [6, 6.07) is 14.6. The Hall–Kier alpha value is -3.79. The average Bonchev–Trinajstić information content (AvgIpc) is 2.83. The minimum atomic E-state index is -0.364. The second kappa shape index (κ2) is 11.7. The van der Waals surface area contributed by atoms with Crippen LogP contribution in [-0.2, 0) is 9.59 Å². The number of methoxy groups -OCH3 is 1. The van der Waals surface area contributed by atoms with Crippen LogP contribution in [0.15, 0.2) is 48.0 Å². The Labute approximate surface area is 194 Å². The summed E-state index contributed by atoms with van der Waals surface area (Å²) in [5.41, 5.74) is 2.46. The van der Waals surface area contributed by atoms with Crippen molar-refractivity contribution in [2.24, 2.45) is 0 Å². The molecule has 1 aliphatic rings. The molecule has 0 radical (unpaired) electrons. The molecule has 3 rings (SSSR count). The van der Waals surface area contributed by atoms with E-state index in [0.717, 1.165) is 31.2 Å². The van der Waals surface area contributed by atoms with E-state index in [2.05, 4.69) is 10.6 Å². The first-order valence-corrected chi connectivity index (χ1v) is 11.1. The number of amides is 2. The Morgan fingerprint density at radius 1 is 1.09 bits per heavy atom. The van der Waals surface area contributed by atoms with Crippen LogP contribution in [0.4, 0.5) is 5.69 Å². The molecule has 1 aliphatic carbocycles. The van der Waals surface area contributed by atoms with Gasteiger partial charge in [-0.3, -0.25) is 9.59 Å². The Morgan fingerprint density at radius 3 is 2.48 bits per heavy atom. The lowest BCUT2D eigenvalue weighted by molar-refractivity contribution is -0.118. The van der Waals surface area contributed by atoms with Gasteiger partial charge in [0.25, 0.3) is 11.8 Å². The van der Waals surface area contributed by atoms with Crippen LogP contribution in [0.5, 0.6) is 11.5 Å². The van der Waals surface area contributed by atoms with Crippen molar-refractivity contribution in [1.29, 1.82) is 5.26 Å². The van der Waals surface area contributed by atoms with Crippen LogP contribution in [0.1, 0.15) is 43.2 Å². The van der Waals surface area contributed by atoms with Crippen molar-refractivity contribution in [2.75, 3.05) is 19.0 Å². The smallest absolute Gasteiger partial charge is 0.262 e. The van der Waals surface area contributed by atoms with Crippen LogP contribution in [-0.4, -0.2) is 31.6 Å². The molecule has 172 valence electrons. The van der Waals surface area contributed by atoms with Crippen LogP contribution in [0.3, 0.4) is 0 Å². The number of hydrogen-bond donors (Lipinski definition) is 2. The van der Waals surface area contributed by atoms with Gasteiger partial charge in [-0.25, -0.2) is 0 Å². The van der Waals surface area contributed by atoms with Crippen molar-refractivity contribution < 1.29 is 19.1 Å². The van der Waals surface area contributed by atoms with E-state index in [9.17, 15) is 14.9 Å². The number of nitrogens with zero attached hydrogens (tertiary/aromatic N) is 1. The molecule has 1 fully saturated rings. The van der Waals surface area contributed by atoms with Gasteiger partial charge in [-0.1, -0.05) is 43.0 Å². The number of rotatable bonds is 8. The highest BCUT2D eigenvalue weighted by molar-refractivity contribution is 6.01. The molecule has 0 saturated heterocycles. The quantitative estimate of drug-likeness (QED) is 0.462. The average molecular weight is 448 g/mol. The molecule has 0 bridgehead atoms. The highest BCUT2D eigenvalue weighted by Gasteiger charge is 2.18. The number of nitriles is 1. The number of aryl methyl sites for hydroxylation is 1. The molecule has 7 heteroatoms. The lowest BCUT2D eigenvalue weighted by atomic mass is 9.95. The Balaban J connectivity index is 1.62. The summed E-state index contributed by atoms with van der Waals surface area (Å²) in [6.45, 7) is 1.79. The zero-order chi connectivity index (χ0) is 23.6. The minimum Gasteiger partial charge on any atom is -0.493 e. The molecule has 2 aromatic rings. The van der Waals surface area contributed by atoms with E-state index < -0.39 is 0 Å². The standard InChI is InChI=1S/C26H29N3O4/c1-18-8-11-22(12-9-18)28-25(30)17-33-23-13-10-19(15-24(23)32-2)14-20(16-27)26(31)29-21-6-4-3-5-7-21/h8-15,21H,3-7,17H2,1-2H3,(H,28,30)(H,29,31). The monoisotopic (exact) mass is 447 g/mol. The van der Waals surface area contributed by atoms with E-state index in [0.29, 0.717) is 22.7 Å². The molecule has 2 N–H and O–H groups in total. The third-order valence-electron chi connectivity index (χ3n) is 5.50. The Kier molecular flexibility index (Phi) is 8.48. The van der Waals surface area contributed by atoms with Gasteiger partial charge in [-0.15, -0.1) is 0 Å². The van der Waals surface area contributed by atoms with Crippen molar-refractivity contribution in [3.05, 3.63) is 59.2 Å². The second-order valence-electron chi connectivity index (χ2n) is 8.09. The van der Waals surface area contributed by atoms with Crippen LogP contribution in [0.2, 0.25) is 0 Å². The van der Waals surface area contributed by atoms with Gasteiger partial charge in [0.15, 0.2) is 18.1 Å². The summed E-state index contributed by atoms with van der Waals surface area (Å²) in [6.07, 6.45) is 6.80. The third-order valence-corrected chi connectivity index (χ3v) is 5.50. The highest BCUT2D eigenvalue weighted by Crippen LogP contribution is 2.29. The van der Waals surface area contributed by atoms with Gasteiger partial charge in [0.1, 0.15) is 11.6 Å². The molecule has 0 unspecified atom stereocenters. The van der Waals surface area contributed by atoms with Crippen molar-refractivity contribution in [1.82, 2.24) is 5.32 Å². The number of anilines is 1. The molecule has 0 aliphatic heterocycles. The Morgan fingerprint density at radius 2 is 1.82 bits per heavy atom. The number of hydrogen-bond acceptors (Lipinski definition) is 5. The summed E-state index contributed by atoms with van der Waals surface area (Å²) in [7, 11) is 1.49. The predicted molar refractivity (Wildman–Crippen MR) is 127 cm³/mol. The van der Waals surface area contributed by atoms with Gasteiger partial charge in [-0.2, -0.15) is 5.26 Å². The highest BCUT2D eigenvalue weighted by atomic mass is 16.5. The number of carbonyl (C=O) groups is 2. The first-order valence-electron chi connectivity index (χ1n) is 11.1. The number of ether oxygens (including phenoxy) is 2. The fourth-order valence-electron chi connectivity index (χ4n) is 3.70. The molecule has 2 aromatic carbocycles. The van der Waals surface area contributed by atoms with Gasteiger partial charge in [0.2, 0.25) is 0 Å². The zero-order valence-corrected chi connectivity index (χ0v) is 19.0. The van der Waals surface area contributed by atoms with E-state index >= 15 is 0 Å². The molecule has 33 heavy (non-hydrogen) atoms. The molecule has 0 atom stereocenters. The summed E-state index contributed by atoms with van der Waals surface area (Å²) in [5.74, 6) is 0.128. The van der Waals surface area contributed by atoms with Gasteiger partial charge in [0.05, 0.1) is 7.11 Å². The molecule has 1 saturated carbocycles. The SMILES string of the molecule is COc1cc(C=C(C#N)C(=O)NC2CCCCC2)ccc1OCC(=O)Nc1ccc(C)cc1. The lowest BCUT2D eigenvalue weighted by Crippen LogP contribution is -2.36. The maximum Gasteiger partial charge on any atom is 0.262 e. The predicted octanol–water partition coefficient (Wildman–Crippen LogP) is 4.38. The van der Waals surface area contributed by atoms with Gasteiger partial charge in [-0.05, 0) is 55.7 Å². The summed E-state index contributed by atoms with van der Waals surface area (Å²) in [5, 5.41) is 15.2. The largest absolute Gasteiger partial charge is 0.493 e. The van der Waals surface area contributed by atoms with E-state index in [1.807, 2.05) is 37.3 Å².